The average Bonchev–Trinajstić information content (AvgIpc) is 2.31. The monoisotopic (exact) mass is 421 g/mol. The Kier molecular flexibility index (Phi) is 9.64. The highest BCUT2D eigenvalue weighted by molar-refractivity contribution is 14.0. The number of hydrogen-bond donors (Lipinski definition) is 1. The molecule has 2 unspecified atom stereocenters. The second-order valence-corrected chi connectivity index (χ2v) is 5.90. The summed E-state index contributed by atoms with van der Waals surface area (Å²) < 4.78 is 36.1. The summed E-state index contributed by atoms with van der Waals surface area (Å²) in [6, 6.07) is 0. The van der Waals surface area contributed by atoms with Crippen LogP contribution in [0.25, 0.3) is 0 Å². The van der Waals surface area contributed by atoms with Crippen LogP contribution in [-0.4, -0.2) is 43.7 Å². The maximum absolute atomic E-state index is 12.0. The number of piperidine rings is 1. The lowest BCUT2D eigenvalue weighted by molar-refractivity contribution is -0.135. The number of alkyl halides is 3. The Morgan fingerprint density at radius 3 is 2.24 bits per heavy atom. The molecule has 7 heteroatoms. The van der Waals surface area contributed by atoms with Crippen molar-refractivity contribution in [3.05, 3.63) is 0 Å². The van der Waals surface area contributed by atoms with Gasteiger partial charge >= 0.3 is 6.18 Å². The minimum absolute atomic E-state index is 0. The normalized spacial score (nSPS) is 23.7. The van der Waals surface area contributed by atoms with E-state index in [4.69, 9.17) is 0 Å². The highest BCUT2D eigenvalue weighted by Crippen LogP contribution is 2.22. The van der Waals surface area contributed by atoms with Crippen LogP contribution in [0.3, 0.4) is 0 Å². The molecule has 21 heavy (non-hydrogen) atoms. The molecule has 3 nitrogen and oxygen atoms in total. The summed E-state index contributed by atoms with van der Waals surface area (Å²) in [5.74, 6) is 2.07. The molecule has 1 saturated heterocycles. The number of hydrogen-bond acceptors (Lipinski definition) is 1. The third-order valence-corrected chi connectivity index (χ3v) is 3.55. The molecule has 126 valence electrons. The number of aliphatic imine (C=N–C) groups is 1. The van der Waals surface area contributed by atoms with Gasteiger partial charge in [0, 0.05) is 33.1 Å². The Morgan fingerprint density at radius 1 is 1.19 bits per heavy atom. The standard InChI is InChI=1S/C14H26F3N3.HI/c1-11-8-12(2)10-20(9-11)13(18-3)19-7-5-4-6-14(15,16)17;/h11-12H,4-10H2,1-3H3,(H,18,19);1H. The molecule has 0 amide bonds. The van der Waals surface area contributed by atoms with Gasteiger partial charge in [0.15, 0.2) is 5.96 Å². The van der Waals surface area contributed by atoms with Gasteiger partial charge in [0.25, 0.3) is 0 Å². The second-order valence-electron chi connectivity index (χ2n) is 5.90. The van der Waals surface area contributed by atoms with Gasteiger partial charge in [-0.1, -0.05) is 13.8 Å². The quantitative estimate of drug-likeness (QED) is 0.323. The van der Waals surface area contributed by atoms with Gasteiger partial charge in [-0.2, -0.15) is 13.2 Å². The van der Waals surface area contributed by atoms with Crippen LogP contribution in [0.1, 0.15) is 39.5 Å². The summed E-state index contributed by atoms with van der Waals surface area (Å²) in [5.41, 5.74) is 0. The Bertz CT molecular complexity index is 311. The van der Waals surface area contributed by atoms with E-state index in [-0.39, 0.29) is 30.4 Å². The molecule has 0 aliphatic carbocycles. The Balaban J connectivity index is 0.00000400. The first-order valence-corrected chi connectivity index (χ1v) is 7.34. The zero-order valence-electron chi connectivity index (χ0n) is 13.0. The Hall–Kier alpha value is -0.210. The van der Waals surface area contributed by atoms with Crippen LogP contribution in [0.2, 0.25) is 0 Å². The van der Waals surface area contributed by atoms with Gasteiger partial charge < -0.3 is 10.2 Å². The summed E-state index contributed by atoms with van der Waals surface area (Å²) in [5, 5.41) is 3.18. The van der Waals surface area contributed by atoms with Gasteiger partial charge in [-0.3, -0.25) is 4.99 Å². The van der Waals surface area contributed by atoms with Crippen LogP contribution < -0.4 is 5.32 Å². The van der Waals surface area contributed by atoms with E-state index in [0.717, 1.165) is 19.0 Å². The molecule has 0 radical (unpaired) electrons. The number of unbranched alkanes of at least 4 members (excludes halogenated alkanes) is 1. The molecule has 0 bridgehead atoms. The van der Waals surface area contributed by atoms with Crippen molar-refractivity contribution < 1.29 is 13.2 Å². The van der Waals surface area contributed by atoms with Gasteiger partial charge in [0.2, 0.25) is 0 Å². The first kappa shape index (κ1) is 20.8. The minimum atomic E-state index is -4.04. The molecule has 1 fully saturated rings. The molecule has 2 atom stereocenters. The number of rotatable bonds is 4. The van der Waals surface area contributed by atoms with Crippen molar-refractivity contribution in [2.45, 2.75) is 45.7 Å². The summed E-state index contributed by atoms with van der Waals surface area (Å²) >= 11 is 0. The summed E-state index contributed by atoms with van der Waals surface area (Å²) in [6.07, 6.45) is -2.85. The molecule has 1 heterocycles. The average molecular weight is 421 g/mol. The minimum Gasteiger partial charge on any atom is -0.356 e. The zero-order chi connectivity index (χ0) is 15.2. The molecule has 1 aliphatic rings. The van der Waals surface area contributed by atoms with Crippen LogP contribution in [0.5, 0.6) is 0 Å². The van der Waals surface area contributed by atoms with Crippen molar-refractivity contribution >= 4 is 29.9 Å². The molecule has 0 spiro atoms. The number of halogens is 4. The van der Waals surface area contributed by atoms with E-state index in [0.29, 0.717) is 24.8 Å². The van der Waals surface area contributed by atoms with Crippen molar-refractivity contribution in [1.82, 2.24) is 10.2 Å². The summed E-state index contributed by atoms with van der Waals surface area (Å²) in [7, 11) is 1.72. The highest BCUT2D eigenvalue weighted by Gasteiger charge is 2.26. The molecule has 0 aromatic rings. The van der Waals surface area contributed by atoms with Crippen LogP contribution in [0.4, 0.5) is 13.2 Å². The molecular weight excluding hydrogens is 394 g/mol. The fraction of sp³-hybridized carbons (Fsp3) is 0.929. The fourth-order valence-corrected chi connectivity index (χ4v) is 2.82. The van der Waals surface area contributed by atoms with Gasteiger partial charge in [-0.15, -0.1) is 24.0 Å². The zero-order valence-corrected chi connectivity index (χ0v) is 15.4. The summed E-state index contributed by atoms with van der Waals surface area (Å²) in [4.78, 5) is 6.45. The van der Waals surface area contributed by atoms with Gasteiger partial charge in [0.1, 0.15) is 0 Å². The smallest absolute Gasteiger partial charge is 0.356 e. The lowest BCUT2D eigenvalue weighted by Gasteiger charge is -2.37. The second kappa shape index (κ2) is 9.74. The lowest BCUT2D eigenvalue weighted by atomic mass is 9.92. The number of nitrogens with zero attached hydrogens (tertiary/aromatic N) is 2. The maximum Gasteiger partial charge on any atom is 0.389 e. The Labute approximate surface area is 142 Å². The SMILES string of the molecule is CN=C(NCCCCC(F)(F)F)N1CC(C)CC(C)C1.I. The largest absolute Gasteiger partial charge is 0.389 e. The van der Waals surface area contributed by atoms with Crippen molar-refractivity contribution in [3.63, 3.8) is 0 Å². The molecule has 0 saturated carbocycles. The van der Waals surface area contributed by atoms with E-state index < -0.39 is 12.6 Å². The van der Waals surface area contributed by atoms with Crippen LogP contribution >= 0.6 is 24.0 Å². The van der Waals surface area contributed by atoms with E-state index in [1.807, 2.05) is 0 Å². The van der Waals surface area contributed by atoms with E-state index in [1.165, 1.54) is 6.42 Å². The predicted molar refractivity (Wildman–Crippen MR) is 91.2 cm³/mol. The van der Waals surface area contributed by atoms with E-state index in [1.54, 1.807) is 7.05 Å². The molecule has 0 aromatic heterocycles. The first-order valence-electron chi connectivity index (χ1n) is 7.34. The van der Waals surface area contributed by atoms with Crippen molar-refractivity contribution in [2.75, 3.05) is 26.7 Å². The fourth-order valence-electron chi connectivity index (χ4n) is 2.82. The van der Waals surface area contributed by atoms with Gasteiger partial charge in [-0.05, 0) is 31.1 Å². The van der Waals surface area contributed by atoms with Gasteiger partial charge in [0.05, 0.1) is 0 Å². The molecule has 1 aliphatic heterocycles. The number of nitrogens with one attached hydrogen (secondary N) is 1. The number of likely N-dealkylation sites (tertiary alicyclic amines) is 1. The van der Waals surface area contributed by atoms with Crippen molar-refractivity contribution in [1.29, 1.82) is 0 Å². The van der Waals surface area contributed by atoms with Crippen LogP contribution in [-0.2, 0) is 0 Å². The highest BCUT2D eigenvalue weighted by atomic mass is 127. The van der Waals surface area contributed by atoms with Crippen molar-refractivity contribution in [3.8, 4) is 0 Å². The maximum atomic E-state index is 12.0. The molecule has 1 N–H and O–H groups in total. The molecule has 0 aromatic carbocycles. The molecule has 1 rings (SSSR count). The first-order chi connectivity index (χ1) is 9.31. The van der Waals surface area contributed by atoms with Crippen molar-refractivity contribution in [2.24, 2.45) is 16.8 Å². The molecular formula is C14H27F3IN3. The van der Waals surface area contributed by atoms with E-state index >= 15 is 0 Å². The topological polar surface area (TPSA) is 27.6 Å². The number of guanidine groups is 1. The Morgan fingerprint density at radius 2 is 1.76 bits per heavy atom. The summed E-state index contributed by atoms with van der Waals surface area (Å²) in [6.45, 7) is 6.92. The third kappa shape index (κ3) is 8.73. The van der Waals surface area contributed by atoms with E-state index in [2.05, 4.69) is 29.1 Å². The lowest BCUT2D eigenvalue weighted by Crippen LogP contribution is -2.48. The predicted octanol–water partition coefficient (Wildman–Crippen LogP) is 3.89. The van der Waals surface area contributed by atoms with Crippen LogP contribution in [0.15, 0.2) is 4.99 Å². The van der Waals surface area contributed by atoms with Gasteiger partial charge in [-0.25, -0.2) is 0 Å². The van der Waals surface area contributed by atoms with Crippen LogP contribution in [0, 0.1) is 11.8 Å². The van der Waals surface area contributed by atoms with E-state index in [9.17, 15) is 13.2 Å². The third-order valence-electron chi connectivity index (χ3n) is 3.55.